The van der Waals surface area contributed by atoms with E-state index in [-0.39, 0.29) is 0 Å². The van der Waals surface area contributed by atoms with Crippen LogP contribution in [0.25, 0.3) is 0 Å². The smallest absolute Gasteiger partial charge is 0.0756 e. The molecule has 0 amide bonds. The SMILES string of the molecule is CCCC(C)CC(NCC)c1cnccn1. The maximum absolute atomic E-state index is 4.39. The van der Waals surface area contributed by atoms with Crippen molar-refractivity contribution >= 4 is 0 Å². The van der Waals surface area contributed by atoms with Crippen molar-refractivity contribution in [1.29, 1.82) is 0 Å². The van der Waals surface area contributed by atoms with Crippen LogP contribution in [0, 0.1) is 5.92 Å². The summed E-state index contributed by atoms with van der Waals surface area (Å²) in [7, 11) is 0. The van der Waals surface area contributed by atoms with Crippen molar-refractivity contribution in [3.8, 4) is 0 Å². The lowest BCUT2D eigenvalue weighted by atomic mass is 9.95. The summed E-state index contributed by atoms with van der Waals surface area (Å²) in [5, 5.41) is 3.49. The van der Waals surface area contributed by atoms with Gasteiger partial charge in [0.05, 0.1) is 11.7 Å². The van der Waals surface area contributed by atoms with E-state index in [1.807, 2.05) is 6.20 Å². The Morgan fingerprint density at radius 3 is 2.69 bits per heavy atom. The van der Waals surface area contributed by atoms with Crippen LogP contribution in [-0.4, -0.2) is 16.5 Å². The third-order valence-electron chi connectivity index (χ3n) is 2.81. The van der Waals surface area contributed by atoms with Gasteiger partial charge in [0, 0.05) is 18.6 Å². The highest BCUT2D eigenvalue weighted by Crippen LogP contribution is 2.21. The lowest BCUT2D eigenvalue weighted by molar-refractivity contribution is 0.389. The molecule has 1 aromatic rings. The molecule has 3 nitrogen and oxygen atoms in total. The highest BCUT2D eigenvalue weighted by atomic mass is 14.9. The quantitative estimate of drug-likeness (QED) is 0.769. The fraction of sp³-hybridized carbons (Fsp3) is 0.692. The monoisotopic (exact) mass is 221 g/mol. The molecule has 2 atom stereocenters. The predicted octanol–water partition coefficient (Wildman–Crippen LogP) is 2.95. The van der Waals surface area contributed by atoms with Crippen LogP contribution in [-0.2, 0) is 0 Å². The van der Waals surface area contributed by atoms with Crippen LogP contribution in [0.5, 0.6) is 0 Å². The maximum atomic E-state index is 4.39. The Kier molecular flexibility index (Phi) is 6.01. The first-order chi connectivity index (χ1) is 7.77. The zero-order chi connectivity index (χ0) is 11.8. The van der Waals surface area contributed by atoms with Gasteiger partial charge in [0.25, 0.3) is 0 Å². The zero-order valence-electron chi connectivity index (χ0n) is 10.6. The largest absolute Gasteiger partial charge is 0.309 e. The van der Waals surface area contributed by atoms with Crippen LogP contribution in [0.3, 0.4) is 0 Å². The Labute approximate surface area is 98.7 Å². The van der Waals surface area contributed by atoms with E-state index >= 15 is 0 Å². The van der Waals surface area contributed by atoms with E-state index in [1.165, 1.54) is 12.8 Å². The van der Waals surface area contributed by atoms with Crippen molar-refractivity contribution in [2.75, 3.05) is 6.54 Å². The molecule has 0 radical (unpaired) electrons. The fourth-order valence-corrected chi connectivity index (χ4v) is 2.06. The first-order valence-electron chi connectivity index (χ1n) is 6.27. The van der Waals surface area contributed by atoms with E-state index in [9.17, 15) is 0 Å². The molecule has 3 heteroatoms. The number of hydrogen-bond donors (Lipinski definition) is 1. The average Bonchev–Trinajstić information content (AvgIpc) is 2.30. The van der Waals surface area contributed by atoms with Gasteiger partial charge in [0.15, 0.2) is 0 Å². The van der Waals surface area contributed by atoms with Crippen LogP contribution < -0.4 is 5.32 Å². The Bertz CT molecular complexity index is 274. The molecule has 1 N–H and O–H groups in total. The van der Waals surface area contributed by atoms with Gasteiger partial charge in [-0.1, -0.05) is 33.6 Å². The topological polar surface area (TPSA) is 37.8 Å². The van der Waals surface area contributed by atoms with Crippen LogP contribution in [0.15, 0.2) is 18.6 Å². The Hall–Kier alpha value is -0.960. The molecule has 0 spiro atoms. The Morgan fingerprint density at radius 1 is 1.31 bits per heavy atom. The van der Waals surface area contributed by atoms with Gasteiger partial charge in [-0.05, 0) is 18.9 Å². The summed E-state index contributed by atoms with van der Waals surface area (Å²) in [4.78, 5) is 8.52. The van der Waals surface area contributed by atoms with E-state index < -0.39 is 0 Å². The van der Waals surface area contributed by atoms with Crippen molar-refractivity contribution in [1.82, 2.24) is 15.3 Å². The molecule has 1 heterocycles. The predicted molar refractivity (Wildman–Crippen MR) is 67.1 cm³/mol. The van der Waals surface area contributed by atoms with Crippen molar-refractivity contribution in [2.24, 2.45) is 5.92 Å². The number of nitrogens with zero attached hydrogens (tertiary/aromatic N) is 2. The van der Waals surface area contributed by atoms with E-state index in [1.54, 1.807) is 12.4 Å². The summed E-state index contributed by atoms with van der Waals surface area (Å²) in [6.07, 6.45) is 9.03. The Morgan fingerprint density at radius 2 is 2.12 bits per heavy atom. The molecule has 0 fully saturated rings. The summed E-state index contributed by atoms with van der Waals surface area (Å²) < 4.78 is 0. The van der Waals surface area contributed by atoms with Crippen LogP contribution in [0.4, 0.5) is 0 Å². The molecule has 0 saturated carbocycles. The molecule has 0 aliphatic rings. The molecule has 90 valence electrons. The molecular weight excluding hydrogens is 198 g/mol. The minimum absolute atomic E-state index is 0.347. The Balaban J connectivity index is 2.60. The maximum Gasteiger partial charge on any atom is 0.0756 e. The second-order valence-electron chi connectivity index (χ2n) is 4.37. The highest BCUT2D eigenvalue weighted by Gasteiger charge is 2.15. The van der Waals surface area contributed by atoms with Crippen LogP contribution in [0.1, 0.15) is 51.8 Å². The third kappa shape index (κ3) is 4.27. The third-order valence-corrected chi connectivity index (χ3v) is 2.81. The van der Waals surface area contributed by atoms with Gasteiger partial charge in [0.1, 0.15) is 0 Å². The summed E-state index contributed by atoms with van der Waals surface area (Å²) >= 11 is 0. The van der Waals surface area contributed by atoms with E-state index in [2.05, 4.69) is 36.1 Å². The van der Waals surface area contributed by atoms with Gasteiger partial charge in [0.2, 0.25) is 0 Å². The van der Waals surface area contributed by atoms with Gasteiger partial charge in [-0.15, -0.1) is 0 Å². The lowest BCUT2D eigenvalue weighted by Gasteiger charge is -2.20. The molecular formula is C13H23N3. The standard InChI is InChI=1S/C13H23N3/c1-4-6-11(3)9-12(15-5-2)13-10-14-7-8-16-13/h7-8,10-12,15H,4-6,9H2,1-3H3. The van der Waals surface area contributed by atoms with Crippen LogP contribution in [0.2, 0.25) is 0 Å². The highest BCUT2D eigenvalue weighted by molar-refractivity contribution is 5.02. The molecule has 1 aromatic heterocycles. The number of nitrogens with one attached hydrogen (secondary N) is 1. The van der Waals surface area contributed by atoms with Crippen molar-refractivity contribution in [3.05, 3.63) is 24.3 Å². The summed E-state index contributed by atoms with van der Waals surface area (Å²) in [5.41, 5.74) is 1.06. The average molecular weight is 221 g/mol. The molecule has 2 unspecified atom stereocenters. The summed E-state index contributed by atoms with van der Waals surface area (Å²) in [6, 6.07) is 0.347. The molecule has 16 heavy (non-hydrogen) atoms. The second kappa shape index (κ2) is 7.34. The minimum atomic E-state index is 0.347. The molecule has 0 saturated heterocycles. The summed E-state index contributed by atoms with van der Waals surface area (Å²) in [5.74, 6) is 0.732. The normalized spacial score (nSPS) is 14.7. The van der Waals surface area contributed by atoms with E-state index in [0.717, 1.165) is 24.6 Å². The minimum Gasteiger partial charge on any atom is -0.309 e. The van der Waals surface area contributed by atoms with Gasteiger partial charge in [-0.3, -0.25) is 9.97 Å². The molecule has 0 bridgehead atoms. The van der Waals surface area contributed by atoms with E-state index in [4.69, 9.17) is 0 Å². The number of aromatic nitrogens is 2. The van der Waals surface area contributed by atoms with Gasteiger partial charge in [-0.2, -0.15) is 0 Å². The molecule has 0 aromatic carbocycles. The van der Waals surface area contributed by atoms with Gasteiger partial charge in [-0.25, -0.2) is 0 Å². The van der Waals surface area contributed by atoms with Crippen molar-refractivity contribution in [2.45, 2.75) is 46.1 Å². The molecule has 0 aliphatic carbocycles. The number of hydrogen-bond acceptors (Lipinski definition) is 3. The zero-order valence-corrected chi connectivity index (χ0v) is 10.6. The van der Waals surface area contributed by atoms with Crippen molar-refractivity contribution < 1.29 is 0 Å². The molecule has 0 aliphatic heterocycles. The van der Waals surface area contributed by atoms with Gasteiger partial charge < -0.3 is 5.32 Å². The number of rotatable bonds is 7. The summed E-state index contributed by atoms with van der Waals surface area (Å²) in [6.45, 7) is 7.65. The first-order valence-corrected chi connectivity index (χ1v) is 6.27. The fourth-order valence-electron chi connectivity index (χ4n) is 2.06. The van der Waals surface area contributed by atoms with E-state index in [0.29, 0.717) is 6.04 Å². The molecule has 1 rings (SSSR count). The first kappa shape index (κ1) is 13.1. The lowest BCUT2D eigenvalue weighted by Crippen LogP contribution is -2.24. The second-order valence-corrected chi connectivity index (χ2v) is 4.37. The van der Waals surface area contributed by atoms with Crippen molar-refractivity contribution in [3.63, 3.8) is 0 Å². The van der Waals surface area contributed by atoms with Gasteiger partial charge >= 0.3 is 0 Å². The van der Waals surface area contributed by atoms with Crippen LogP contribution >= 0.6 is 0 Å².